The average molecular weight is 1070 g/mol. The Balaban J connectivity index is -0.0000000239. The van der Waals surface area contributed by atoms with Crippen molar-refractivity contribution in [3.8, 4) is 0 Å². The van der Waals surface area contributed by atoms with Gasteiger partial charge in [-0.15, -0.1) is 0 Å². The molecule has 0 bridgehead atoms. The zero-order valence-corrected chi connectivity index (χ0v) is 30.6. The molecule has 0 radical (unpaired) electrons. The van der Waals surface area contributed by atoms with Crippen molar-refractivity contribution in [1.82, 2.24) is 0 Å². The van der Waals surface area contributed by atoms with Crippen LogP contribution in [0.1, 0.15) is 0 Å². The van der Waals surface area contributed by atoms with Crippen molar-refractivity contribution in [3.05, 3.63) is 0 Å². The summed E-state index contributed by atoms with van der Waals surface area (Å²) in [6, 6.07) is 0. The molecule has 0 unspecified atom stereocenters. The van der Waals surface area contributed by atoms with Gasteiger partial charge in [0.1, 0.15) is 0 Å². The molecule has 0 aromatic rings. The molecule has 0 fully saturated rings. The third-order valence-corrected chi connectivity index (χ3v) is 0. The molecule has 0 saturated carbocycles. The van der Waals surface area contributed by atoms with E-state index in [0.29, 0.717) is 0 Å². The van der Waals surface area contributed by atoms with E-state index < -0.39 is 50.9 Å². The van der Waals surface area contributed by atoms with Crippen LogP contribution in [0.3, 0.4) is 0 Å². The van der Waals surface area contributed by atoms with Gasteiger partial charge in [-0.2, -0.15) is 0 Å². The topological polar surface area (TPSA) is 281 Å². The Labute approximate surface area is 250 Å². The van der Waals surface area contributed by atoms with Crippen molar-refractivity contribution < 1.29 is 94.8 Å². The van der Waals surface area contributed by atoms with Crippen LogP contribution in [-0.4, -0.2) is 156 Å². The van der Waals surface area contributed by atoms with Gasteiger partial charge in [-0.3, -0.25) is 0 Å². The molecule has 0 aliphatic heterocycles. The fourth-order valence-corrected chi connectivity index (χ4v) is 0. The van der Waals surface area contributed by atoms with Gasteiger partial charge in [0.2, 0.25) is 0 Å². The minimum atomic E-state index is -5.14. The van der Waals surface area contributed by atoms with Crippen molar-refractivity contribution in [3.63, 3.8) is 0 Å². The molecular weight excluding hydrogens is 1070 g/mol. The van der Waals surface area contributed by atoms with Gasteiger partial charge in [0.25, 0.3) is 0 Å². The van der Waals surface area contributed by atoms with Gasteiger partial charge in [0, 0.05) is 0 Å². The van der Waals surface area contributed by atoms with E-state index in [1.807, 2.05) is 0 Å². The summed E-state index contributed by atoms with van der Waals surface area (Å²) < 4.78 is 69.0. The van der Waals surface area contributed by atoms with Crippen LogP contribution in [0.5, 0.6) is 0 Å². The van der Waals surface area contributed by atoms with Crippen molar-refractivity contribution in [1.29, 1.82) is 0 Å². The van der Waals surface area contributed by atoms with E-state index in [-0.39, 0.29) is 147 Å². The number of hydrogen-bond donors (Lipinski definition) is 2. The number of phosphoric acid groups is 2. The molecule has 0 amide bonds. The van der Waals surface area contributed by atoms with Gasteiger partial charge in [-0.25, -0.2) is 0 Å². The Morgan fingerprint density at radius 2 is 0.619 bits per heavy atom. The summed E-state index contributed by atoms with van der Waals surface area (Å²) in [5.41, 5.74) is 0. The maximum absolute atomic E-state index is 8.66. The molecule has 21 heteroatoms. The van der Waals surface area contributed by atoms with Gasteiger partial charge in [0.05, 0.1) is 15.6 Å². The second-order valence-electron chi connectivity index (χ2n) is 1.35. The second-order valence-corrected chi connectivity index (χ2v) is 6.15. The zero-order valence-electron chi connectivity index (χ0n) is 9.63. The van der Waals surface area contributed by atoms with Crippen molar-refractivity contribution in [2.45, 2.75) is 0 Å². The second kappa shape index (κ2) is 27.6. The first kappa shape index (κ1) is 45.3. The number of rotatable bonds is 0. The fraction of sp³-hybridized carbons (Fsp3) is 0. The Kier molecular flexibility index (Phi) is 59.6. The van der Waals surface area contributed by atoms with E-state index in [4.69, 9.17) is 59.6 Å². The Bertz CT molecular complexity index is 339. The van der Waals surface area contributed by atoms with Gasteiger partial charge < -0.3 is 38.5 Å². The quantitative estimate of drug-likeness (QED) is 0.169. The predicted molar refractivity (Wildman–Crippen MR) is 39.7 cm³/mol. The minimum absolute atomic E-state index is 0. The van der Waals surface area contributed by atoms with Gasteiger partial charge >= 0.3 is 203 Å². The molecular formula is H2Ba3O14P2W2. The third-order valence-electron chi connectivity index (χ3n) is 0. The third kappa shape index (κ3) is 473. The van der Waals surface area contributed by atoms with Crippen LogP contribution in [0, 0.1) is 0 Å². The van der Waals surface area contributed by atoms with E-state index in [1.54, 1.807) is 0 Å². The molecule has 114 valence electrons. The molecule has 0 aromatic heterocycles. The van der Waals surface area contributed by atoms with E-state index in [2.05, 4.69) is 0 Å². The van der Waals surface area contributed by atoms with Crippen LogP contribution >= 0.6 is 15.6 Å². The zero-order chi connectivity index (χ0) is 16.2. The molecule has 0 spiro atoms. The predicted octanol–water partition coefficient (Wildman–Crippen LogP) is -8.39. The molecule has 0 atom stereocenters. The van der Waals surface area contributed by atoms with Crippen LogP contribution in [-0.2, 0) is 58.0 Å². The summed E-state index contributed by atoms with van der Waals surface area (Å²) >= 11 is -8.56. The maximum atomic E-state index is 8.66. The summed E-state index contributed by atoms with van der Waals surface area (Å²) in [4.78, 5) is 48.6. The van der Waals surface area contributed by atoms with Gasteiger partial charge in [-0.1, -0.05) is 0 Å². The van der Waals surface area contributed by atoms with Crippen LogP contribution in [0.2, 0.25) is 0 Å². The molecule has 14 nitrogen and oxygen atoms in total. The molecule has 0 heterocycles. The summed E-state index contributed by atoms with van der Waals surface area (Å²) in [7, 11) is -10.3. The number of hydrogen-bond acceptors (Lipinski definition) is 12. The van der Waals surface area contributed by atoms with Crippen molar-refractivity contribution in [2.24, 2.45) is 0 Å². The SMILES string of the molecule is O=P([O-])([O-])O.O=P([O-])([O-])O.[Ba+2].[Ba+2].[Ba+2].[O]=[W](=[O])[O-].[O]=[W](=[O])[O-]. The first-order chi connectivity index (χ1) is 7.46. The van der Waals surface area contributed by atoms with E-state index in [9.17, 15) is 0 Å². The van der Waals surface area contributed by atoms with E-state index in [1.165, 1.54) is 0 Å². The molecule has 0 aliphatic carbocycles. The van der Waals surface area contributed by atoms with Crippen LogP contribution in [0.4, 0.5) is 0 Å². The van der Waals surface area contributed by atoms with Crippen molar-refractivity contribution in [2.75, 3.05) is 0 Å². The van der Waals surface area contributed by atoms with Gasteiger partial charge in [0.15, 0.2) is 0 Å². The molecule has 0 aliphatic rings. The first-order valence-corrected chi connectivity index (χ1v) is 12.7. The summed E-state index contributed by atoms with van der Waals surface area (Å²) in [6.07, 6.45) is 0. The summed E-state index contributed by atoms with van der Waals surface area (Å²) in [5.74, 6) is 0. The first-order valence-electron chi connectivity index (χ1n) is 2.50. The fourth-order valence-electron chi connectivity index (χ4n) is 0. The Hall–Kier alpha value is 5.43. The summed E-state index contributed by atoms with van der Waals surface area (Å²) in [6.45, 7) is 0. The Morgan fingerprint density at radius 3 is 0.619 bits per heavy atom. The molecule has 0 saturated heterocycles. The van der Waals surface area contributed by atoms with E-state index in [0.717, 1.165) is 0 Å². The normalized spacial score (nSPS) is 8.00. The average Bonchev–Trinajstić information content (AvgIpc) is 1.70. The Morgan fingerprint density at radius 1 is 0.619 bits per heavy atom. The van der Waals surface area contributed by atoms with E-state index >= 15 is 0 Å². The monoisotopic (exact) mass is 1070 g/mol. The van der Waals surface area contributed by atoms with Crippen LogP contribution in [0.25, 0.3) is 0 Å². The van der Waals surface area contributed by atoms with Crippen molar-refractivity contribution >= 4 is 162 Å². The molecule has 21 heavy (non-hydrogen) atoms. The molecule has 0 rings (SSSR count). The standard InChI is InChI=1S/3Ba.2H3O4P.6O.2W/c;;;2*1-5(2,3)4;;;;;;;;/h;;;2*(H3,1,2,3,4);;;;;;;;/q3*+2;;;;;;;2*-1;;/p-4. The van der Waals surface area contributed by atoms with Crippen LogP contribution < -0.4 is 27.1 Å². The molecule has 0 aromatic carbocycles. The summed E-state index contributed by atoms with van der Waals surface area (Å²) in [5, 5.41) is 0. The van der Waals surface area contributed by atoms with Gasteiger partial charge in [-0.05, 0) is 0 Å². The molecule has 2 N–H and O–H groups in total. The van der Waals surface area contributed by atoms with Crippen LogP contribution in [0.15, 0.2) is 0 Å².